The van der Waals surface area contributed by atoms with E-state index in [-0.39, 0.29) is 11.8 Å². The number of aryl methyl sites for hydroxylation is 2. The fourth-order valence-electron chi connectivity index (χ4n) is 2.20. The molecule has 0 aliphatic heterocycles. The van der Waals surface area contributed by atoms with Gasteiger partial charge in [-0.25, -0.2) is 4.39 Å². The van der Waals surface area contributed by atoms with Gasteiger partial charge in [-0.1, -0.05) is 0 Å². The minimum Gasteiger partial charge on any atom is -0.508 e. The molecule has 1 atom stereocenters. The molecular formula is C15H18FNOS. The van der Waals surface area contributed by atoms with Gasteiger partial charge in [-0.3, -0.25) is 0 Å². The second-order valence-electron chi connectivity index (χ2n) is 4.79. The largest absolute Gasteiger partial charge is 0.508 e. The van der Waals surface area contributed by atoms with E-state index in [9.17, 15) is 9.50 Å². The van der Waals surface area contributed by atoms with Gasteiger partial charge in [0.05, 0.1) is 0 Å². The number of phenolic OH excluding ortho intramolecular Hbond substituents is 1. The van der Waals surface area contributed by atoms with Crippen LogP contribution in [0.2, 0.25) is 0 Å². The maximum absolute atomic E-state index is 13.2. The third kappa shape index (κ3) is 3.55. The first-order valence-corrected chi connectivity index (χ1v) is 7.06. The van der Waals surface area contributed by atoms with Crippen molar-refractivity contribution in [3.63, 3.8) is 0 Å². The smallest absolute Gasteiger partial charge is 0.127 e. The van der Waals surface area contributed by atoms with E-state index in [1.54, 1.807) is 17.4 Å². The number of thiophene rings is 1. The van der Waals surface area contributed by atoms with Gasteiger partial charge in [0, 0.05) is 28.4 Å². The molecule has 0 radical (unpaired) electrons. The molecule has 2 aromatic rings. The lowest BCUT2D eigenvalue weighted by molar-refractivity contribution is 0.466. The number of hydrogen-bond donors (Lipinski definition) is 2. The van der Waals surface area contributed by atoms with Crippen LogP contribution < -0.4 is 5.32 Å². The average Bonchev–Trinajstić information content (AvgIpc) is 2.64. The van der Waals surface area contributed by atoms with Crippen LogP contribution in [0, 0.1) is 19.7 Å². The number of halogens is 1. The predicted octanol–water partition coefficient (Wildman–Crippen LogP) is 4.06. The Morgan fingerprint density at radius 2 is 2.00 bits per heavy atom. The second kappa shape index (κ2) is 5.72. The Labute approximate surface area is 116 Å². The second-order valence-corrected chi connectivity index (χ2v) is 6.25. The highest BCUT2D eigenvalue weighted by atomic mass is 32.1. The first-order valence-electron chi connectivity index (χ1n) is 6.24. The number of nitrogens with one attached hydrogen (secondary N) is 1. The zero-order valence-electron chi connectivity index (χ0n) is 11.3. The molecule has 0 saturated heterocycles. The number of aromatic hydroxyl groups is 1. The number of hydrogen-bond acceptors (Lipinski definition) is 3. The van der Waals surface area contributed by atoms with Crippen LogP contribution in [-0.4, -0.2) is 5.11 Å². The van der Waals surface area contributed by atoms with Crippen molar-refractivity contribution in [3.05, 3.63) is 51.0 Å². The van der Waals surface area contributed by atoms with Crippen LogP contribution in [0.15, 0.2) is 24.3 Å². The molecule has 0 bridgehead atoms. The van der Waals surface area contributed by atoms with Gasteiger partial charge in [0.2, 0.25) is 0 Å². The summed E-state index contributed by atoms with van der Waals surface area (Å²) in [6, 6.07) is 6.51. The summed E-state index contributed by atoms with van der Waals surface area (Å²) < 4.78 is 13.2. The van der Waals surface area contributed by atoms with E-state index in [2.05, 4.69) is 32.2 Å². The summed E-state index contributed by atoms with van der Waals surface area (Å²) in [5.74, 6) is -0.445. The van der Waals surface area contributed by atoms with Crippen LogP contribution in [0.25, 0.3) is 0 Å². The van der Waals surface area contributed by atoms with Crippen molar-refractivity contribution in [1.82, 2.24) is 5.32 Å². The molecule has 0 spiro atoms. The molecule has 4 heteroatoms. The molecule has 102 valence electrons. The molecule has 0 saturated carbocycles. The van der Waals surface area contributed by atoms with Gasteiger partial charge in [-0.15, -0.1) is 11.3 Å². The van der Waals surface area contributed by atoms with Gasteiger partial charge < -0.3 is 10.4 Å². The first-order chi connectivity index (χ1) is 8.95. The lowest BCUT2D eigenvalue weighted by Crippen LogP contribution is -2.18. The van der Waals surface area contributed by atoms with Crippen molar-refractivity contribution < 1.29 is 9.50 Å². The summed E-state index contributed by atoms with van der Waals surface area (Å²) in [6.45, 7) is 6.83. The van der Waals surface area contributed by atoms with E-state index in [0.29, 0.717) is 6.54 Å². The third-order valence-corrected chi connectivity index (χ3v) is 4.08. The van der Waals surface area contributed by atoms with Crippen molar-refractivity contribution in [2.24, 2.45) is 0 Å². The Kier molecular flexibility index (Phi) is 4.22. The highest BCUT2D eigenvalue weighted by Crippen LogP contribution is 2.26. The van der Waals surface area contributed by atoms with Gasteiger partial charge >= 0.3 is 0 Å². The third-order valence-electron chi connectivity index (χ3n) is 3.10. The fourth-order valence-corrected chi connectivity index (χ4v) is 3.22. The number of rotatable bonds is 4. The van der Waals surface area contributed by atoms with Crippen LogP contribution in [0.4, 0.5) is 4.39 Å². The van der Waals surface area contributed by atoms with Gasteiger partial charge in [0.25, 0.3) is 0 Å². The molecule has 2 N–H and O–H groups in total. The molecule has 2 rings (SSSR count). The van der Waals surface area contributed by atoms with E-state index < -0.39 is 5.82 Å². The molecule has 1 aromatic heterocycles. The van der Waals surface area contributed by atoms with Crippen LogP contribution in [-0.2, 0) is 6.54 Å². The quantitative estimate of drug-likeness (QED) is 0.884. The van der Waals surface area contributed by atoms with E-state index in [1.807, 2.05) is 0 Å². The Balaban J connectivity index is 2.04. The maximum Gasteiger partial charge on any atom is 0.127 e. The van der Waals surface area contributed by atoms with E-state index in [0.717, 1.165) is 11.6 Å². The summed E-state index contributed by atoms with van der Waals surface area (Å²) in [7, 11) is 0. The lowest BCUT2D eigenvalue weighted by atomic mass is 10.1. The molecule has 0 aliphatic carbocycles. The minimum absolute atomic E-state index is 0.0352. The van der Waals surface area contributed by atoms with Crippen molar-refractivity contribution in [2.45, 2.75) is 33.4 Å². The highest BCUT2D eigenvalue weighted by Gasteiger charge is 2.11. The first kappa shape index (κ1) is 14.0. The van der Waals surface area contributed by atoms with E-state index >= 15 is 0 Å². The fraction of sp³-hybridized carbons (Fsp3) is 0.333. The van der Waals surface area contributed by atoms with E-state index in [1.165, 1.54) is 21.4 Å². The van der Waals surface area contributed by atoms with Crippen LogP contribution in [0.1, 0.15) is 33.8 Å². The molecule has 1 heterocycles. The zero-order chi connectivity index (χ0) is 14.0. The van der Waals surface area contributed by atoms with Gasteiger partial charge in [-0.05, 0) is 50.1 Å². The topological polar surface area (TPSA) is 32.3 Å². The maximum atomic E-state index is 13.2. The van der Waals surface area contributed by atoms with Crippen LogP contribution in [0.3, 0.4) is 0 Å². The van der Waals surface area contributed by atoms with Crippen LogP contribution >= 0.6 is 11.3 Å². The lowest BCUT2D eigenvalue weighted by Gasteiger charge is -2.14. The number of phenols is 1. The Morgan fingerprint density at radius 1 is 1.26 bits per heavy atom. The summed E-state index contributed by atoms with van der Waals surface area (Å²) >= 11 is 1.78. The minimum atomic E-state index is -0.410. The van der Waals surface area contributed by atoms with Gasteiger partial charge in [0.15, 0.2) is 0 Å². The number of benzene rings is 1. The monoisotopic (exact) mass is 279 g/mol. The van der Waals surface area contributed by atoms with E-state index in [4.69, 9.17) is 0 Å². The van der Waals surface area contributed by atoms with Crippen molar-refractivity contribution in [1.29, 1.82) is 0 Å². The summed E-state index contributed by atoms with van der Waals surface area (Å²) in [6.07, 6.45) is 0. The molecule has 0 fully saturated rings. The summed E-state index contributed by atoms with van der Waals surface area (Å²) in [5, 5.41) is 12.7. The normalized spacial score (nSPS) is 12.6. The Bertz CT molecular complexity index is 559. The summed E-state index contributed by atoms with van der Waals surface area (Å²) in [4.78, 5) is 2.60. The molecule has 19 heavy (non-hydrogen) atoms. The average molecular weight is 279 g/mol. The van der Waals surface area contributed by atoms with Crippen molar-refractivity contribution in [3.8, 4) is 5.75 Å². The van der Waals surface area contributed by atoms with Gasteiger partial charge in [0.1, 0.15) is 11.6 Å². The predicted molar refractivity (Wildman–Crippen MR) is 77.1 cm³/mol. The van der Waals surface area contributed by atoms with Crippen molar-refractivity contribution >= 4 is 11.3 Å². The molecule has 0 amide bonds. The molecule has 1 aromatic carbocycles. The standard InChI is InChI=1S/C15H18FNOS/c1-9-4-15(11(3)19-9)10(2)17-8-12-5-13(16)7-14(18)6-12/h4-7,10,17-18H,8H2,1-3H3. The molecular weight excluding hydrogens is 261 g/mol. The molecule has 1 unspecified atom stereocenters. The molecule has 2 nitrogen and oxygen atoms in total. The Hall–Kier alpha value is -1.39. The Morgan fingerprint density at radius 3 is 2.58 bits per heavy atom. The highest BCUT2D eigenvalue weighted by molar-refractivity contribution is 7.12. The van der Waals surface area contributed by atoms with Gasteiger partial charge in [-0.2, -0.15) is 0 Å². The summed E-state index contributed by atoms with van der Waals surface area (Å²) in [5.41, 5.74) is 2.03. The van der Waals surface area contributed by atoms with Crippen LogP contribution in [0.5, 0.6) is 5.75 Å². The molecule has 0 aliphatic rings. The zero-order valence-corrected chi connectivity index (χ0v) is 12.1. The van der Waals surface area contributed by atoms with Crippen molar-refractivity contribution in [2.75, 3.05) is 0 Å². The SMILES string of the molecule is Cc1cc(C(C)NCc2cc(O)cc(F)c2)c(C)s1.